The lowest BCUT2D eigenvalue weighted by molar-refractivity contribution is -0.113. The third kappa shape index (κ3) is 3.05. The van der Waals surface area contributed by atoms with Crippen LogP contribution in [0.25, 0.3) is 17.0 Å². The van der Waals surface area contributed by atoms with Gasteiger partial charge in [-0.15, -0.1) is 0 Å². The summed E-state index contributed by atoms with van der Waals surface area (Å²) in [6.07, 6.45) is 7.57. The Morgan fingerprint density at radius 2 is 1.90 bits per heavy atom. The number of fused-ring (bicyclic) bond motifs is 2. The van der Waals surface area contributed by atoms with Crippen molar-refractivity contribution in [2.24, 2.45) is 5.41 Å². The summed E-state index contributed by atoms with van der Waals surface area (Å²) in [5, 5.41) is 12.4. The van der Waals surface area contributed by atoms with Crippen LogP contribution in [-0.2, 0) is 11.2 Å². The molecule has 0 saturated heterocycles. The van der Waals surface area contributed by atoms with Gasteiger partial charge in [0, 0.05) is 33.7 Å². The third-order valence-electron chi connectivity index (χ3n) is 7.05. The lowest BCUT2D eigenvalue weighted by Gasteiger charge is -2.48. The number of rotatable bonds is 3. The quantitative estimate of drug-likeness (QED) is 0.564. The average Bonchev–Trinajstić information content (AvgIpc) is 3.17. The van der Waals surface area contributed by atoms with Gasteiger partial charge >= 0.3 is 0 Å². The van der Waals surface area contributed by atoms with E-state index >= 15 is 0 Å². The van der Waals surface area contributed by atoms with Crippen molar-refractivity contribution >= 4 is 22.8 Å². The third-order valence-corrected chi connectivity index (χ3v) is 7.05. The molecule has 0 spiro atoms. The summed E-state index contributed by atoms with van der Waals surface area (Å²) in [4.78, 5) is 16.6. The average molecular weight is 398 g/mol. The van der Waals surface area contributed by atoms with Crippen molar-refractivity contribution in [2.75, 3.05) is 0 Å². The maximum Gasteiger partial charge on any atom is 0.184 e. The molecule has 0 bridgehead atoms. The molecular formula is C27H27NO2. The zero-order valence-electron chi connectivity index (χ0n) is 17.3. The molecule has 3 nitrogen and oxygen atoms in total. The molecule has 0 aliphatic heterocycles. The van der Waals surface area contributed by atoms with Gasteiger partial charge in [-0.05, 0) is 62.3 Å². The van der Waals surface area contributed by atoms with Gasteiger partial charge in [-0.1, -0.05) is 54.1 Å². The largest absolute Gasteiger partial charge is 0.392 e. The summed E-state index contributed by atoms with van der Waals surface area (Å²) in [6, 6.07) is 18.5. The number of aromatic amines is 1. The number of hydrogen-bond acceptors (Lipinski definition) is 2. The molecule has 3 heteroatoms. The molecule has 1 aromatic heterocycles. The molecule has 2 aromatic carbocycles. The van der Waals surface area contributed by atoms with Crippen molar-refractivity contribution in [2.45, 2.75) is 45.1 Å². The van der Waals surface area contributed by atoms with Crippen LogP contribution in [0.1, 0.15) is 43.7 Å². The van der Waals surface area contributed by atoms with Crippen molar-refractivity contribution in [3.05, 3.63) is 88.6 Å². The fraction of sp³-hybridized carbons (Fsp3) is 0.296. The van der Waals surface area contributed by atoms with E-state index in [1.807, 2.05) is 55.6 Å². The van der Waals surface area contributed by atoms with Crippen LogP contribution in [0.2, 0.25) is 0 Å². The number of benzene rings is 2. The maximum absolute atomic E-state index is 13.3. The van der Waals surface area contributed by atoms with Gasteiger partial charge in [0.25, 0.3) is 0 Å². The zero-order chi connectivity index (χ0) is 20.7. The molecule has 1 heterocycles. The van der Waals surface area contributed by atoms with Gasteiger partial charge in [0.15, 0.2) is 5.78 Å². The van der Waals surface area contributed by atoms with Gasteiger partial charge in [0.05, 0.1) is 6.10 Å². The number of para-hydroxylation sites is 1. The van der Waals surface area contributed by atoms with E-state index in [1.165, 1.54) is 11.1 Å². The maximum atomic E-state index is 13.3. The van der Waals surface area contributed by atoms with Gasteiger partial charge in [-0.2, -0.15) is 0 Å². The van der Waals surface area contributed by atoms with E-state index in [4.69, 9.17) is 0 Å². The number of Topliss-reactive ketones (excluding diaryl/α,β-unsaturated/α-hetero) is 1. The summed E-state index contributed by atoms with van der Waals surface area (Å²) in [6.45, 7) is 1.96. The van der Waals surface area contributed by atoms with E-state index in [1.54, 1.807) is 0 Å². The number of ketones is 1. The van der Waals surface area contributed by atoms with Crippen molar-refractivity contribution in [1.82, 2.24) is 4.98 Å². The number of H-pyrrole nitrogens is 1. The Kier molecular flexibility index (Phi) is 4.71. The van der Waals surface area contributed by atoms with Crippen molar-refractivity contribution in [3.8, 4) is 0 Å². The Hall–Kier alpha value is -2.91. The van der Waals surface area contributed by atoms with Gasteiger partial charge in [-0.25, -0.2) is 0 Å². The van der Waals surface area contributed by atoms with Crippen LogP contribution in [0, 0.1) is 5.41 Å². The zero-order valence-corrected chi connectivity index (χ0v) is 17.3. The second-order valence-electron chi connectivity index (χ2n) is 8.80. The highest BCUT2D eigenvalue weighted by Gasteiger charge is 2.48. The van der Waals surface area contributed by atoms with Crippen molar-refractivity contribution in [1.29, 1.82) is 0 Å². The molecule has 1 fully saturated rings. The minimum Gasteiger partial charge on any atom is -0.392 e. The lowest BCUT2D eigenvalue weighted by Crippen LogP contribution is -2.46. The second kappa shape index (κ2) is 7.41. The Bertz CT molecular complexity index is 1170. The van der Waals surface area contributed by atoms with Crippen LogP contribution in [0.3, 0.4) is 0 Å². The topological polar surface area (TPSA) is 53.1 Å². The molecule has 0 amide bonds. The van der Waals surface area contributed by atoms with Crippen LogP contribution in [0.4, 0.5) is 0 Å². The summed E-state index contributed by atoms with van der Waals surface area (Å²) in [5.41, 5.74) is 5.73. The number of aliphatic hydroxyl groups is 1. The molecule has 2 aliphatic rings. The van der Waals surface area contributed by atoms with Crippen LogP contribution >= 0.6 is 0 Å². The normalized spacial score (nSPS) is 25.7. The molecule has 2 atom stereocenters. The van der Waals surface area contributed by atoms with Crippen molar-refractivity contribution in [3.63, 3.8) is 0 Å². The lowest BCUT2D eigenvalue weighted by atomic mass is 9.57. The number of carbonyl (C=O) groups excluding carboxylic acids is 1. The van der Waals surface area contributed by atoms with Gasteiger partial charge in [-0.3, -0.25) is 4.79 Å². The van der Waals surface area contributed by atoms with E-state index in [0.717, 1.165) is 53.3 Å². The molecule has 3 aromatic rings. The Labute approximate surface area is 177 Å². The Balaban J connectivity index is 1.63. The van der Waals surface area contributed by atoms with E-state index < -0.39 is 11.5 Å². The van der Waals surface area contributed by atoms with E-state index in [9.17, 15) is 9.90 Å². The van der Waals surface area contributed by atoms with E-state index in [2.05, 4.69) is 23.2 Å². The van der Waals surface area contributed by atoms with Crippen LogP contribution in [0.15, 0.2) is 77.5 Å². The fourth-order valence-electron chi connectivity index (χ4n) is 5.55. The predicted molar refractivity (Wildman–Crippen MR) is 121 cm³/mol. The summed E-state index contributed by atoms with van der Waals surface area (Å²) in [5.74, 6) is 0.132. The molecule has 1 saturated carbocycles. The van der Waals surface area contributed by atoms with Crippen LogP contribution in [0.5, 0.6) is 0 Å². The number of aromatic nitrogens is 1. The number of carbonyl (C=O) groups is 1. The highest BCUT2D eigenvalue weighted by Crippen LogP contribution is 2.52. The molecule has 2 aliphatic carbocycles. The minimum atomic E-state index is -0.434. The summed E-state index contributed by atoms with van der Waals surface area (Å²) < 4.78 is 0. The highest BCUT2D eigenvalue weighted by molar-refractivity contribution is 6.13. The van der Waals surface area contributed by atoms with E-state index in [0.29, 0.717) is 6.42 Å². The highest BCUT2D eigenvalue weighted by atomic mass is 16.3. The minimum absolute atomic E-state index is 0.132. The second-order valence-corrected chi connectivity index (χ2v) is 8.80. The van der Waals surface area contributed by atoms with Crippen LogP contribution in [-0.4, -0.2) is 22.0 Å². The predicted octanol–water partition coefficient (Wildman–Crippen LogP) is 5.61. The molecule has 30 heavy (non-hydrogen) atoms. The van der Waals surface area contributed by atoms with Crippen molar-refractivity contribution < 1.29 is 9.90 Å². The SMILES string of the molecule is CC1=C2CCC[C@H](O)[C@@]2(Cc2ccccc2)C/C(=C\c2c[nH]c3ccccc23)C1=O. The molecule has 0 unspecified atom stereocenters. The number of hydrogen-bond donors (Lipinski definition) is 2. The summed E-state index contributed by atoms with van der Waals surface area (Å²) in [7, 11) is 0. The number of allylic oxidation sites excluding steroid dienone is 2. The first kappa shape index (κ1) is 19.1. The summed E-state index contributed by atoms with van der Waals surface area (Å²) >= 11 is 0. The molecule has 152 valence electrons. The molecule has 2 N–H and O–H groups in total. The number of nitrogens with one attached hydrogen (secondary N) is 1. The first-order valence-electron chi connectivity index (χ1n) is 10.8. The van der Waals surface area contributed by atoms with Gasteiger partial charge in [0.1, 0.15) is 0 Å². The Morgan fingerprint density at radius 3 is 2.73 bits per heavy atom. The number of aliphatic hydroxyl groups excluding tert-OH is 1. The smallest absolute Gasteiger partial charge is 0.184 e. The first-order chi connectivity index (χ1) is 14.6. The van der Waals surface area contributed by atoms with E-state index in [-0.39, 0.29) is 5.78 Å². The monoisotopic (exact) mass is 397 g/mol. The van der Waals surface area contributed by atoms with Gasteiger partial charge < -0.3 is 10.1 Å². The molecule has 0 radical (unpaired) electrons. The fourth-order valence-corrected chi connectivity index (χ4v) is 5.55. The van der Waals surface area contributed by atoms with Gasteiger partial charge in [0.2, 0.25) is 0 Å². The molecular weight excluding hydrogens is 370 g/mol. The Morgan fingerprint density at radius 1 is 1.13 bits per heavy atom. The van der Waals surface area contributed by atoms with Crippen LogP contribution < -0.4 is 0 Å². The molecule has 5 rings (SSSR count). The standard InChI is InChI=1S/C27H27NO2/c1-18-23-11-7-13-25(29)27(23,15-19-8-3-2-4-9-19)16-20(26(18)30)14-21-17-28-24-12-6-5-10-22(21)24/h2-6,8-10,12,14,17,25,28-29H,7,11,13,15-16H2,1H3/b20-14+/t25-,27-/m0/s1. The first-order valence-corrected chi connectivity index (χ1v) is 10.8.